The summed E-state index contributed by atoms with van der Waals surface area (Å²) in [5.41, 5.74) is 5.44. The first-order valence-electron chi connectivity index (χ1n) is 9.73. The van der Waals surface area contributed by atoms with E-state index in [1.165, 1.54) is 57.8 Å². The van der Waals surface area contributed by atoms with E-state index in [2.05, 4.69) is 12.2 Å². The van der Waals surface area contributed by atoms with Crippen LogP contribution in [0.25, 0.3) is 0 Å². The molecule has 0 amide bonds. The van der Waals surface area contributed by atoms with Crippen LogP contribution >= 0.6 is 0 Å². The molecule has 3 N–H and O–H groups in total. The molecule has 0 aliphatic heterocycles. The van der Waals surface area contributed by atoms with Gasteiger partial charge in [0.2, 0.25) is 0 Å². The molecule has 3 nitrogen and oxygen atoms in total. The number of hydrogen-bond donors (Lipinski definition) is 2. The molecule has 0 heterocycles. The maximum atomic E-state index is 11.7. The molecule has 0 unspecified atom stereocenters. The summed E-state index contributed by atoms with van der Waals surface area (Å²) < 4.78 is 0. The first kappa shape index (κ1) is 21.6. The largest absolute Gasteiger partial charge is 0.330 e. The third-order valence-electron chi connectivity index (χ3n) is 4.18. The Hall–Kier alpha value is -0.410. The van der Waals surface area contributed by atoms with Crippen LogP contribution in [0.15, 0.2) is 0 Å². The molecule has 0 aromatic rings. The molecule has 132 valence electrons. The van der Waals surface area contributed by atoms with Gasteiger partial charge < -0.3 is 11.1 Å². The summed E-state index contributed by atoms with van der Waals surface area (Å²) in [5, 5.41) is 3.42. The minimum absolute atomic E-state index is 0.486. The van der Waals surface area contributed by atoms with Gasteiger partial charge in [0.15, 0.2) is 0 Å². The van der Waals surface area contributed by atoms with Gasteiger partial charge in [0.1, 0.15) is 5.78 Å². The van der Waals surface area contributed by atoms with Crippen LogP contribution in [-0.2, 0) is 4.79 Å². The maximum Gasteiger partial charge on any atom is 0.132 e. The van der Waals surface area contributed by atoms with Crippen LogP contribution in [0, 0.1) is 0 Å². The van der Waals surface area contributed by atoms with E-state index in [1.54, 1.807) is 0 Å². The fraction of sp³-hybridized carbons (Fsp3) is 0.947. The van der Waals surface area contributed by atoms with E-state index in [0.29, 0.717) is 5.78 Å². The highest BCUT2D eigenvalue weighted by Gasteiger charge is 2.01. The summed E-state index contributed by atoms with van der Waals surface area (Å²) >= 11 is 0. The predicted molar refractivity (Wildman–Crippen MR) is 97.2 cm³/mol. The molecule has 0 spiro atoms. The summed E-state index contributed by atoms with van der Waals surface area (Å²) in [6.07, 6.45) is 16.5. The van der Waals surface area contributed by atoms with Gasteiger partial charge in [-0.2, -0.15) is 0 Å². The van der Waals surface area contributed by atoms with Crippen molar-refractivity contribution in [1.82, 2.24) is 5.32 Å². The molecule has 0 bridgehead atoms. The van der Waals surface area contributed by atoms with Crippen LogP contribution < -0.4 is 11.1 Å². The fourth-order valence-electron chi connectivity index (χ4n) is 2.68. The van der Waals surface area contributed by atoms with E-state index in [0.717, 1.165) is 51.7 Å². The molecule has 0 saturated heterocycles. The Labute approximate surface area is 138 Å². The van der Waals surface area contributed by atoms with Gasteiger partial charge in [0, 0.05) is 12.8 Å². The molecule has 0 saturated carbocycles. The highest BCUT2D eigenvalue weighted by molar-refractivity contribution is 5.78. The van der Waals surface area contributed by atoms with E-state index in [-0.39, 0.29) is 0 Å². The van der Waals surface area contributed by atoms with Crippen LogP contribution in [0.4, 0.5) is 0 Å². The van der Waals surface area contributed by atoms with Crippen LogP contribution in [0.1, 0.15) is 96.8 Å². The van der Waals surface area contributed by atoms with E-state index in [4.69, 9.17) is 5.73 Å². The van der Waals surface area contributed by atoms with E-state index < -0.39 is 0 Å². The van der Waals surface area contributed by atoms with Gasteiger partial charge in [-0.1, -0.05) is 58.3 Å². The number of ketones is 1. The normalized spacial score (nSPS) is 11.0. The lowest BCUT2D eigenvalue weighted by molar-refractivity contribution is -0.119. The zero-order valence-corrected chi connectivity index (χ0v) is 15.0. The number of carbonyl (C=O) groups is 1. The van der Waals surface area contributed by atoms with Crippen LogP contribution in [-0.4, -0.2) is 25.4 Å². The van der Waals surface area contributed by atoms with Crippen molar-refractivity contribution in [2.24, 2.45) is 5.73 Å². The fourth-order valence-corrected chi connectivity index (χ4v) is 2.68. The second kappa shape index (κ2) is 18.6. The Balaban J connectivity index is 3.08. The van der Waals surface area contributed by atoms with E-state index >= 15 is 0 Å². The first-order valence-corrected chi connectivity index (χ1v) is 9.73. The number of Topliss-reactive ketones (excluding diaryl/α,β-unsaturated/α-hetero) is 1. The average Bonchev–Trinajstić information content (AvgIpc) is 2.52. The number of hydrogen-bond acceptors (Lipinski definition) is 3. The minimum Gasteiger partial charge on any atom is -0.330 e. The quantitative estimate of drug-likeness (QED) is 0.364. The molecular weight excluding hydrogens is 272 g/mol. The summed E-state index contributed by atoms with van der Waals surface area (Å²) in [6.45, 7) is 5.18. The second-order valence-electron chi connectivity index (χ2n) is 6.47. The van der Waals surface area contributed by atoms with Gasteiger partial charge in [-0.3, -0.25) is 4.79 Å². The summed E-state index contributed by atoms with van der Waals surface area (Å²) in [6, 6.07) is 0. The van der Waals surface area contributed by atoms with Crippen molar-refractivity contribution < 1.29 is 4.79 Å². The Bertz CT molecular complexity index is 231. The number of nitrogens with one attached hydrogen (secondary N) is 1. The Morgan fingerprint density at radius 1 is 0.727 bits per heavy atom. The zero-order chi connectivity index (χ0) is 16.3. The average molecular weight is 313 g/mol. The molecular formula is C19H40N2O. The molecule has 0 aromatic carbocycles. The number of rotatable bonds is 18. The van der Waals surface area contributed by atoms with Crippen LogP contribution in [0.5, 0.6) is 0 Å². The highest BCUT2D eigenvalue weighted by atomic mass is 16.1. The molecule has 0 fully saturated rings. The second-order valence-corrected chi connectivity index (χ2v) is 6.47. The zero-order valence-electron chi connectivity index (χ0n) is 15.0. The third-order valence-corrected chi connectivity index (χ3v) is 4.18. The van der Waals surface area contributed by atoms with Crippen molar-refractivity contribution in [3.63, 3.8) is 0 Å². The predicted octanol–water partition coefficient (Wildman–Crippen LogP) is 4.59. The minimum atomic E-state index is 0.486. The van der Waals surface area contributed by atoms with Crippen molar-refractivity contribution in [3.8, 4) is 0 Å². The van der Waals surface area contributed by atoms with Crippen LogP contribution in [0.2, 0.25) is 0 Å². The number of nitrogens with two attached hydrogens (primary N) is 1. The highest BCUT2D eigenvalue weighted by Crippen LogP contribution is 2.11. The lowest BCUT2D eigenvalue weighted by Gasteiger charge is -2.04. The monoisotopic (exact) mass is 312 g/mol. The van der Waals surface area contributed by atoms with Crippen LogP contribution in [0.3, 0.4) is 0 Å². The topological polar surface area (TPSA) is 55.1 Å². The summed E-state index contributed by atoms with van der Waals surface area (Å²) in [7, 11) is 0. The lowest BCUT2D eigenvalue weighted by Crippen LogP contribution is -2.19. The van der Waals surface area contributed by atoms with E-state index in [1.807, 2.05) is 0 Å². The van der Waals surface area contributed by atoms with Crippen molar-refractivity contribution in [1.29, 1.82) is 0 Å². The molecule has 3 heteroatoms. The molecule has 0 aromatic heterocycles. The third kappa shape index (κ3) is 17.6. The van der Waals surface area contributed by atoms with E-state index in [9.17, 15) is 4.79 Å². The van der Waals surface area contributed by atoms with Gasteiger partial charge in [-0.25, -0.2) is 0 Å². The Morgan fingerprint density at radius 3 is 1.82 bits per heavy atom. The molecule has 0 radical (unpaired) electrons. The van der Waals surface area contributed by atoms with Crippen molar-refractivity contribution in [2.45, 2.75) is 96.8 Å². The first-order chi connectivity index (χ1) is 10.8. The van der Waals surface area contributed by atoms with Crippen molar-refractivity contribution in [3.05, 3.63) is 0 Å². The van der Waals surface area contributed by atoms with Gasteiger partial charge in [-0.15, -0.1) is 0 Å². The Kier molecular flexibility index (Phi) is 18.3. The van der Waals surface area contributed by atoms with Crippen molar-refractivity contribution in [2.75, 3.05) is 19.6 Å². The maximum absolute atomic E-state index is 11.7. The van der Waals surface area contributed by atoms with Crippen molar-refractivity contribution >= 4 is 5.78 Å². The summed E-state index contributed by atoms with van der Waals surface area (Å²) in [4.78, 5) is 11.7. The molecule has 0 rings (SSSR count). The smallest absolute Gasteiger partial charge is 0.132 e. The van der Waals surface area contributed by atoms with Gasteiger partial charge in [-0.05, 0) is 45.3 Å². The number of unbranched alkanes of at least 4 members (excludes halogenated alkanes) is 9. The van der Waals surface area contributed by atoms with Gasteiger partial charge in [0.05, 0.1) is 0 Å². The van der Waals surface area contributed by atoms with Gasteiger partial charge in [0.25, 0.3) is 0 Å². The standard InChI is InChI=1S/C19H40N2O/c1-2-3-4-10-14-19(22)15-11-8-6-5-7-9-12-17-21-18-13-16-20/h21H,2-18,20H2,1H3. The molecule has 22 heavy (non-hydrogen) atoms. The molecule has 0 aliphatic rings. The summed E-state index contributed by atoms with van der Waals surface area (Å²) in [5.74, 6) is 0.486. The molecule has 0 atom stereocenters. The number of carbonyl (C=O) groups excluding carboxylic acids is 1. The van der Waals surface area contributed by atoms with Gasteiger partial charge >= 0.3 is 0 Å². The SMILES string of the molecule is CCCCCCC(=O)CCCCCCCCCNCCCN. The molecule has 0 aliphatic carbocycles. The Morgan fingerprint density at radius 2 is 1.23 bits per heavy atom. The lowest BCUT2D eigenvalue weighted by atomic mass is 10.0.